The number of nitrogens with one attached hydrogen (secondary N) is 2. The van der Waals surface area contributed by atoms with Gasteiger partial charge in [0.1, 0.15) is 11.4 Å². The maximum Gasteiger partial charge on any atom is 0.293 e. The van der Waals surface area contributed by atoms with E-state index in [1.807, 2.05) is 17.5 Å². The minimum Gasteiger partial charge on any atom is -0.350 e. The van der Waals surface area contributed by atoms with Gasteiger partial charge in [-0.3, -0.25) is 24.1 Å². The zero-order chi connectivity index (χ0) is 22.7. The van der Waals surface area contributed by atoms with Gasteiger partial charge in [0, 0.05) is 13.1 Å². The molecule has 0 aliphatic carbocycles. The summed E-state index contributed by atoms with van der Waals surface area (Å²) in [5, 5.41) is 3.98. The Kier molecular flexibility index (Phi) is 6.33. The average Bonchev–Trinajstić information content (AvgIpc) is 3.40. The third-order valence-corrected chi connectivity index (χ3v) is 6.41. The molecule has 4 rings (SSSR count). The number of rotatable bonds is 6. The van der Waals surface area contributed by atoms with Crippen LogP contribution in [0, 0.1) is 5.82 Å². The van der Waals surface area contributed by atoms with Gasteiger partial charge in [-0.25, -0.2) is 4.39 Å². The van der Waals surface area contributed by atoms with E-state index in [1.165, 1.54) is 47.7 Å². The number of pyridine rings is 1. The van der Waals surface area contributed by atoms with Gasteiger partial charge in [-0.2, -0.15) is 0 Å². The van der Waals surface area contributed by atoms with Crippen LogP contribution in [0.1, 0.15) is 15.9 Å². The lowest BCUT2D eigenvalue weighted by atomic mass is 10.2. The predicted molar refractivity (Wildman–Crippen MR) is 122 cm³/mol. The average molecular weight is 470 g/mol. The first kappa shape index (κ1) is 21.7. The number of hydrogen-bond donors (Lipinski definition) is 2. The van der Waals surface area contributed by atoms with Gasteiger partial charge in [0.15, 0.2) is 0 Å². The van der Waals surface area contributed by atoms with Crippen LogP contribution in [-0.4, -0.2) is 40.0 Å². The number of thioether (sulfide) groups is 1. The summed E-state index contributed by atoms with van der Waals surface area (Å²) in [5.74, 6) is -1.49. The van der Waals surface area contributed by atoms with Crippen molar-refractivity contribution in [1.29, 1.82) is 0 Å². The van der Waals surface area contributed by atoms with Crippen LogP contribution in [0.25, 0.3) is 16.6 Å². The number of imide groups is 1. The Balaban J connectivity index is 1.36. The minimum absolute atomic E-state index is 0.00713. The van der Waals surface area contributed by atoms with Gasteiger partial charge in [0.05, 0.1) is 15.5 Å². The predicted octanol–water partition coefficient (Wildman–Crippen LogP) is 3.71. The lowest BCUT2D eigenvalue weighted by molar-refractivity contribution is -0.122. The van der Waals surface area contributed by atoms with Crippen LogP contribution in [0.4, 0.5) is 9.18 Å². The highest BCUT2D eigenvalue weighted by atomic mass is 32.2. The fourth-order valence-corrected chi connectivity index (χ4v) is 4.58. The number of H-pyrrole nitrogens is 1. The molecule has 0 bridgehead atoms. The molecule has 0 atom stereocenters. The van der Waals surface area contributed by atoms with Gasteiger partial charge in [-0.05, 0) is 59.1 Å². The molecule has 0 spiro atoms. The molecule has 2 N–H and O–H groups in total. The molecule has 10 heteroatoms. The SMILES string of the molecule is O=C(NCCN1C(=O)S/C(=C\c2ccc(F)cc2)C1=O)c1ccc(-c2cccs2)[nH]c1=O. The molecule has 0 unspecified atom stereocenters. The molecule has 2 aromatic heterocycles. The molecular weight excluding hydrogens is 453 g/mol. The van der Waals surface area contributed by atoms with E-state index in [0.29, 0.717) is 11.3 Å². The van der Waals surface area contributed by atoms with Crippen molar-refractivity contribution in [2.75, 3.05) is 13.1 Å². The second-order valence-corrected chi connectivity index (χ2v) is 8.67. The maximum absolute atomic E-state index is 13.0. The van der Waals surface area contributed by atoms with Crippen LogP contribution in [0.2, 0.25) is 0 Å². The number of hydrogen-bond acceptors (Lipinski definition) is 6. The third-order valence-electron chi connectivity index (χ3n) is 4.60. The zero-order valence-electron chi connectivity index (χ0n) is 16.5. The van der Waals surface area contributed by atoms with Gasteiger partial charge < -0.3 is 10.3 Å². The standard InChI is InChI=1S/C22H16FN3O4S2/c23-14-5-3-13(4-6-14)12-18-21(29)26(22(30)32-18)10-9-24-19(27)15-7-8-16(25-20(15)28)17-2-1-11-31-17/h1-8,11-12H,9-10H2,(H,24,27)(H,25,28)/b18-12-. The summed E-state index contributed by atoms with van der Waals surface area (Å²) in [6, 6.07) is 12.3. The monoisotopic (exact) mass is 469 g/mol. The van der Waals surface area contributed by atoms with Crippen molar-refractivity contribution in [1.82, 2.24) is 15.2 Å². The van der Waals surface area contributed by atoms with E-state index in [1.54, 1.807) is 6.07 Å². The van der Waals surface area contributed by atoms with Crippen LogP contribution in [-0.2, 0) is 4.79 Å². The van der Waals surface area contributed by atoms with Gasteiger partial charge in [-0.1, -0.05) is 18.2 Å². The van der Waals surface area contributed by atoms with E-state index in [9.17, 15) is 23.6 Å². The van der Waals surface area contributed by atoms with E-state index < -0.39 is 28.4 Å². The second kappa shape index (κ2) is 9.33. The van der Waals surface area contributed by atoms with E-state index >= 15 is 0 Å². The Morgan fingerprint density at radius 1 is 1.09 bits per heavy atom. The Hall–Kier alpha value is -3.50. The summed E-state index contributed by atoms with van der Waals surface area (Å²) in [4.78, 5) is 54.1. The van der Waals surface area contributed by atoms with Crippen LogP contribution >= 0.6 is 23.1 Å². The molecule has 0 saturated carbocycles. The molecule has 3 aromatic rings. The van der Waals surface area contributed by atoms with Gasteiger partial charge >= 0.3 is 0 Å². The molecule has 162 valence electrons. The number of carbonyl (C=O) groups is 3. The maximum atomic E-state index is 13.0. The van der Waals surface area contributed by atoms with Crippen LogP contribution in [0.3, 0.4) is 0 Å². The molecule has 1 saturated heterocycles. The number of benzene rings is 1. The largest absolute Gasteiger partial charge is 0.350 e. The number of nitrogens with zero attached hydrogens (tertiary/aromatic N) is 1. The number of halogens is 1. The zero-order valence-corrected chi connectivity index (χ0v) is 18.1. The van der Waals surface area contributed by atoms with E-state index in [2.05, 4.69) is 10.3 Å². The molecule has 1 aromatic carbocycles. The Bertz CT molecular complexity index is 1270. The molecule has 0 radical (unpaired) electrons. The highest BCUT2D eigenvalue weighted by molar-refractivity contribution is 8.18. The highest BCUT2D eigenvalue weighted by Crippen LogP contribution is 2.31. The molecule has 1 fully saturated rings. The summed E-state index contributed by atoms with van der Waals surface area (Å²) >= 11 is 2.24. The number of aromatic nitrogens is 1. The Morgan fingerprint density at radius 3 is 2.56 bits per heavy atom. The van der Waals surface area contributed by atoms with E-state index in [0.717, 1.165) is 21.5 Å². The van der Waals surface area contributed by atoms with Gasteiger partial charge in [0.2, 0.25) is 0 Å². The first-order chi connectivity index (χ1) is 15.4. The Labute approximate surface area is 190 Å². The number of thiophene rings is 1. The molecule has 3 amide bonds. The fourth-order valence-electron chi connectivity index (χ4n) is 3.01. The van der Waals surface area contributed by atoms with E-state index in [4.69, 9.17) is 0 Å². The van der Waals surface area contributed by atoms with Crippen molar-refractivity contribution in [2.24, 2.45) is 0 Å². The summed E-state index contributed by atoms with van der Waals surface area (Å²) < 4.78 is 13.0. The highest BCUT2D eigenvalue weighted by Gasteiger charge is 2.34. The summed E-state index contributed by atoms with van der Waals surface area (Å²) in [6.45, 7) is -0.0465. The smallest absolute Gasteiger partial charge is 0.293 e. The van der Waals surface area contributed by atoms with Crippen LogP contribution in [0.15, 0.2) is 63.6 Å². The quantitative estimate of drug-likeness (QED) is 0.536. The molecule has 7 nitrogen and oxygen atoms in total. The number of carbonyl (C=O) groups excluding carboxylic acids is 3. The minimum atomic E-state index is -0.599. The molecular formula is C22H16FN3O4S2. The first-order valence-corrected chi connectivity index (χ1v) is 11.2. The topological polar surface area (TPSA) is 99.3 Å². The van der Waals surface area contributed by atoms with Crippen molar-refractivity contribution in [2.45, 2.75) is 0 Å². The normalized spacial score (nSPS) is 14.9. The number of aromatic amines is 1. The van der Waals surface area contributed by atoms with E-state index in [-0.39, 0.29) is 23.6 Å². The Morgan fingerprint density at radius 2 is 1.88 bits per heavy atom. The summed E-state index contributed by atoms with van der Waals surface area (Å²) in [6.07, 6.45) is 1.51. The van der Waals surface area contributed by atoms with Crippen molar-refractivity contribution in [3.63, 3.8) is 0 Å². The molecule has 1 aliphatic heterocycles. The lowest BCUT2D eigenvalue weighted by Crippen LogP contribution is -2.38. The van der Waals surface area contributed by atoms with Gasteiger partial charge in [0.25, 0.3) is 22.6 Å². The first-order valence-electron chi connectivity index (χ1n) is 9.49. The number of amides is 3. The van der Waals surface area contributed by atoms with Crippen molar-refractivity contribution < 1.29 is 18.8 Å². The van der Waals surface area contributed by atoms with Crippen molar-refractivity contribution in [3.8, 4) is 10.6 Å². The molecule has 1 aliphatic rings. The third kappa shape index (κ3) is 4.71. The molecule has 3 heterocycles. The van der Waals surface area contributed by atoms with Crippen molar-refractivity contribution >= 4 is 46.2 Å². The van der Waals surface area contributed by atoms with Crippen LogP contribution in [0.5, 0.6) is 0 Å². The summed E-state index contributed by atoms with van der Waals surface area (Å²) in [7, 11) is 0. The molecule has 32 heavy (non-hydrogen) atoms. The second-order valence-electron chi connectivity index (χ2n) is 6.73. The van der Waals surface area contributed by atoms with Crippen molar-refractivity contribution in [3.05, 3.63) is 86.1 Å². The fraction of sp³-hybridized carbons (Fsp3) is 0.0909. The van der Waals surface area contributed by atoms with Crippen LogP contribution < -0.4 is 10.9 Å². The summed E-state index contributed by atoms with van der Waals surface area (Å²) in [5.41, 5.74) is 0.625. The lowest BCUT2D eigenvalue weighted by Gasteiger charge is -2.13. The van der Waals surface area contributed by atoms with Gasteiger partial charge in [-0.15, -0.1) is 11.3 Å².